The van der Waals surface area contributed by atoms with Crippen molar-refractivity contribution >= 4 is 23.6 Å². The van der Waals surface area contributed by atoms with Gasteiger partial charge in [-0.25, -0.2) is 9.69 Å². The maximum absolute atomic E-state index is 12.6. The number of anilines is 1. The van der Waals surface area contributed by atoms with E-state index in [2.05, 4.69) is 22.2 Å². The molecule has 2 aromatic carbocycles. The first-order valence-electron chi connectivity index (χ1n) is 8.51. The lowest BCUT2D eigenvalue weighted by Crippen LogP contribution is -2.31. The summed E-state index contributed by atoms with van der Waals surface area (Å²) in [5.41, 5.74) is 5.23. The Morgan fingerprint density at radius 3 is 2.73 bits per heavy atom. The lowest BCUT2D eigenvalue weighted by molar-refractivity contribution is -0.140. The fourth-order valence-corrected chi connectivity index (χ4v) is 3.61. The van der Waals surface area contributed by atoms with E-state index in [1.54, 1.807) is 6.07 Å². The third-order valence-electron chi connectivity index (χ3n) is 4.92. The number of imide groups is 1. The van der Waals surface area contributed by atoms with Crippen LogP contribution in [0.4, 0.5) is 10.5 Å². The van der Waals surface area contributed by atoms with E-state index in [0.717, 1.165) is 22.4 Å². The molecule has 0 unspecified atom stereocenters. The van der Waals surface area contributed by atoms with Crippen LogP contribution < -0.4 is 10.2 Å². The molecule has 4 rings (SSSR count). The van der Waals surface area contributed by atoms with Gasteiger partial charge in [0.2, 0.25) is 0 Å². The molecule has 0 spiro atoms. The van der Waals surface area contributed by atoms with E-state index in [1.807, 2.05) is 24.3 Å². The molecule has 0 bridgehead atoms. The molecule has 6 nitrogen and oxygen atoms in total. The number of nitrogens with zero attached hydrogens (tertiary/aromatic N) is 1. The summed E-state index contributed by atoms with van der Waals surface area (Å²) in [4.78, 5) is 37.4. The third-order valence-corrected chi connectivity index (χ3v) is 4.92. The molecule has 1 aliphatic heterocycles. The average Bonchev–Trinajstić information content (AvgIpc) is 3.15. The third kappa shape index (κ3) is 2.63. The second-order valence-corrected chi connectivity index (χ2v) is 6.47. The van der Waals surface area contributed by atoms with Gasteiger partial charge in [-0.15, -0.1) is 0 Å². The molecule has 1 heterocycles. The van der Waals surface area contributed by atoms with Gasteiger partial charge < -0.3 is 10.1 Å². The second-order valence-electron chi connectivity index (χ2n) is 6.47. The molecule has 1 saturated heterocycles. The average molecular weight is 350 g/mol. The lowest BCUT2D eigenvalue weighted by Gasteiger charge is -2.14. The van der Waals surface area contributed by atoms with Crippen LogP contribution in [0.5, 0.6) is 0 Å². The molecule has 1 aliphatic carbocycles. The SMILES string of the molecule is COC(=O)CC[C@H]1NC(=O)N(c2ccc3c(c2)Cc2ccccc2-3)C1=O. The topological polar surface area (TPSA) is 75.7 Å². The molecule has 0 aromatic heterocycles. The Morgan fingerprint density at radius 1 is 1.15 bits per heavy atom. The molecule has 1 N–H and O–H groups in total. The van der Waals surface area contributed by atoms with Crippen molar-refractivity contribution in [3.05, 3.63) is 53.6 Å². The molecule has 1 atom stereocenters. The molecule has 3 amide bonds. The van der Waals surface area contributed by atoms with Gasteiger partial charge in [-0.05, 0) is 47.2 Å². The molecule has 26 heavy (non-hydrogen) atoms. The fourth-order valence-electron chi connectivity index (χ4n) is 3.61. The summed E-state index contributed by atoms with van der Waals surface area (Å²) < 4.78 is 4.59. The number of nitrogens with one attached hydrogen (secondary N) is 1. The number of rotatable bonds is 4. The van der Waals surface area contributed by atoms with Crippen LogP contribution in [0.3, 0.4) is 0 Å². The summed E-state index contributed by atoms with van der Waals surface area (Å²) in [6, 6.07) is 12.7. The minimum Gasteiger partial charge on any atom is -0.469 e. The van der Waals surface area contributed by atoms with E-state index in [0.29, 0.717) is 5.69 Å². The number of esters is 1. The summed E-state index contributed by atoms with van der Waals surface area (Å²) in [6.07, 6.45) is 1.10. The van der Waals surface area contributed by atoms with Crippen molar-refractivity contribution in [2.45, 2.75) is 25.3 Å². The van der Waals surface area contributed by atoms with Crippen molar-refractivity contribution in [3.63, 3.8) is 0 Å². The van der Waals surface area contributed by atoms with Gasteiger partial charge in [0.25, 0.3) is 5.91 Å². The van der Waals surface area contributed by atoms with Gasteiger partial charge in [0.1, 0.15) is 6.04 Å². The van der Waals surface area contributed by atoms with Gasteiger partial charge in [0.15, 0.2) is 0 Å². The maximum Gasteiger partial charge on any atom is 0.329 e. The number of fused-ring (bicyclic) bond motifs is 3. The van der Waals surface area contributed by atoms with Gasteiger partial charge in [0.05, 0.1) is 12.8 Å². The number of benzene rings is 2. The van der Waals surface area contributed by atoms with E-state index in [1.165, 1.54) is 18.2 Å². The van der Waals surface area contributed by atoms with E-state index < -0.39 is 18.0 Å². The number of methoxy groups -OCH3 is 1. The predicted molar refractivity (Wildman–Crippen MR) is 95.7 cm³/mol. The van der Waals surface area contributed by atoms with Crippen molar-refractivity contribution in [2.24, 2.45) is 0 Å². The fraction of sp³-hybridized carbons (Fsp3) is 0.250. The number of amides is 3. The van der Waals surface area contributed by atoms with Gasteiger partial charge in [-0.3, -0.25) is 9.59 Å². The maximum atomic E-state index is 12.6. The van der Waals surface area contributed by atoms with E-state index in [4.69, 9.17) is 0 Å². The van der Waals surface area contributed by atoms with Gasteiger partial charge >= 0.3 is 12.0 Å². The molecule has 2 aromatic rings. The van der Waals surface area contributed by atoms with Crippen molar-refractivity contribution < 1.29 is 19.1 Å². The van der Waals surface area contributed by atoms with Crippen LogP contribution in [0.15, 0.2) is 42.5 Å². The zero-order valence-electron chi connectivity index (χ0n) is 14.3. The Morgan fingerprint density at radius 2 is 1.92 bits per heavy atom. The normalized spacial score (nSPS) is 17.7. The Balaban J connectivity index is 1.57. The highest BCUT2D eigenvalue weighted by molar-refractivity contribution is 6.21. The molecule has 6 heteroatoms. The summed E-state index contributed by atoms with van der Waals surface area (Å²) >= 11 is 0. The van der Waals surface area contributed by atoms with Crippen LogP contribution in [0.1, 0.15) is 24.0 Å². The first-order valence-corrected chi connectivity index (χ1v) is 8.51. The molecular formula is C20H18N2O4. The zero-order valence-corrected chi connectivity index (χ0v) is 14.3. The molecule has 2 aliphatic rings. The largest absolute Gasteiger partial charge is 0.469 e. The summed E-state index contributed by atoms with van der Waals surface area (Å²) in [6.45, 7) is 0. The Kier molecular flexibility index (Phi) is 3.95. The van der Waals surface area contributed by atoms with Gasteiger partial charge in [-0.2, -0.15) is 0 Å². The van der Waals surface area contributed by atoms with Gasteiger partial charge in [0, 0.05) is 6.42 Å². The Bertz CT molecular complexity index is 922. The monoisotopic (exact) mass is 350 g/mol. The predicted octanol–water partition coefficient (Wildman–Crippen LogP) is 2.64. The van der Waals surface area contributed by atoms with Gasteiger partial charge in [-0.1, -0.05) is 30.3 Å². The molecule has 1 fully saturated rings. The number of carbonyl (C=O) groups is 3. The van der Waals surface area contributed by atoms with Crippen LogP contribution in [0.25, 0.3) is 11.1 Å². The quantitative estimate of drug-likeness (QED) is 0.580. The summed E-state index contributed by atoms with van der Waals surface area (Å²) in [7, 11) is 1.30. The van der Waals surface area contributed by atoms with Crippen molar-refractivity contribution in [1.82, 2.24) is 5.32 Å². The highest BCUT2D eigenvalue weighted by atomic mass is 16.5. The van der Waals surface area contributed by atoms with Crippen LogP contribution in [-0.4, -0.2) is 31.1 Å². The van der Waals surface area contributed by atoms with E-state index >= 15 is 0 Å². The Hall–Kier alpha value is -3.15. The zero-order chi connectivity index (χ0) is 18.3. The first kappa shape index (κ1) is 16.3. The number of hydrogen-bond donors (Lipinski definition) is 1. The summed E-state index contributed by atoms with van der Waals surface area (Å²) in [5.74, 6) is -0.741. The van der Waals surface area contributed by atoms with Crippen LogP contribution in [-0.2, 0) is 20.7 Å². The molecule has 132 valence electrons. The lowest BCUT2D eigenvalue weighted by atomic mass is 10.1. The van der Waals surface area contributed by atoms with Crippen molar-refractivity contribution in [2.75, 3.05) is 12.0 Å². The minimum absolute atomic E-state index is 0.0839. The summed E-state index contributed by atoms with van der Waals surface area (Å²) in [5, 5.41) is 2.65. The highest BCUT2D eigenvalue weighted by Gasteiger charge is 2.39. The van der Waals surface area contributed by atoms with Crippen molar-refractivity contribution in [3.8, 4) is 11.1 Å². The molecular weight excluding hydrogens is 332 g/mol. The molecule has 0 radical (unpaired) electrons. The van der Waals surface area contributed by atoms with Crippen LogP contribution in [0, 0.1) is 0 Å². The number of ether oxygens (including phenoxy) is 1. The minimum atomic E-state index is -0.702. The van der Waals surface area contributed by atoms with Crippen LogP contribution in [0.2, 0.25) is 0 Å². The van der Waals surface area contributed by atoms with E-state index in [9.17, 15) is 14.4 Å². The first-order chi connectivity index (χ1) is 12.6. The number of urea groups is 1. The number of hydrogen-bond acceptors (Lipinski definition) is 4. The van der Waals surface area contributed by atoms with E-state index in [-0.39, 0.29) is 18.7 Å². The molecule has 0 saturated carbocycles. The second kappa shape index (κ2) is 6.29. The van der Waals surface area contributed by atoms with Crippen LogP contribution >= 0.6 is 0 Å². The number of carbonyl (C=O) groups excluding carboxylic acids is 3. The standard InChI is InChI=1S/C20H18N2O4/c1-26-18(23)9-8-17-19(24)22(20(25)21-17)14-6-7-16-13(11-14)10-12-4-2-3-5-15(12)16/h2-7,11,17H,8-10H2,1H3,(H,21,25)/t17-/m1/s1. The van der Waals surface area contributed by atoms with Crippen molar-refractivity contribution in [1.29, 1.82) is 0 Å². The Labute approximate surface area is 150 Å². The highest BCUT2D eigenvalue weighted by Crippen LogP contribution is 2.38. The smallest absolute Gasteiger partial charge is 0.329 e.